The Kier molecular flexibility index (Phi) is 6.02. The molecule has 2 heterocycles. The van der Waals surface area contributed by atoms with Gasteiger partial charge in [0.15, 0.2) is 0 Å². The van der Waals surface area contributed by atoms with Crippen molar-refractivity contribution in [3.8, 4) is 0 Å². The van der Waals surface area contributed by atoms with Crippen LogP contribution in [0.25, 0.3) is 0 Å². The molecule has 2 fully saturated rings. The Balaban J connectivity index is 1.38. The molecule has 0 atom stereocenters. The Labute approximate surface area is 208 Å². The summed E-state index contributed by atoms with van der Waals surface area (Å²) in [6.45, 7) is 9.60. The van der Waals surface area contributed by atoms with Gasteiger partial charge < -0.3 is 14.6 Å². The monoisotopic (exact) mass is 478 g/mol. The molecule has 7 heteroatoms. The van der Waals surface area contributed by atoms with Crippen LogP contribution in [0, 0.1) is 0 Å². The molecule has 0 aromatic heterocycles. The summed E-state index contributed by atoms with van der Waals surface area (Å²) in [5, 5.41) is 3.15. The van der Waals surface area contributed by atoms with Gasteiger partial charge >= 0.3 is 13.1 Å². The van der Waals surface area contributed by atoms with E-state index < -0.39 is 0 Å². The fourth-order valence-corrected chi connectivity index (χ4v) is 5.90. The van der Waals surface area contributed by atoms with Gasteiger partial charge in [-0.3, -0.25) is 4.90 Å². The van der Waals surface area contributed by atoms with E-state index in [0.717, 1.165) is 36.1 Å². The zero-order chi connectivity index (χ0) is 24.1. The van der Waals surface area contributed by atoms with Crippen molar-refractivity contribution in [2.24, 2.45) is 0 Å². The molecule has 3 aliphatic rings. The average molecular weight is 478 g/mol. The summed E-state index contributed by atoms with van der Waals surface area (Å²) in [5.41, 5.74) is 3.74. The third kappa shape index (κ3) is 4.06. The first-order valence-electron chi connectivity index (χ1n) is 12.3. The van der Waals surface area contributed by atoms with Crippen molar-refractivity contribution in [3.63, 3.8) is 0 Å². The molecule has 0 radical (unpaired) electrons. The maximum atomic E-state index is 13.3. The molecular weight excluding hydrogens is 443 g/mol. The highest BCUT2D eigenvalue weighted by Gasteiger charge is 2.53. The van der Waals surface area contributed by atoms with Gasteiger partial charge in [-0.05, 0) is 81.6 Å². The molecule has 0 bridgehead atoms. The molecule has 0 unspecified atom stereocenters. The van der Waals surface area contributed by atoms with Gasteiger partial charge in [0.25, 0.3) is 0 Å². The van der Waals surface area contributed by atoms with Gasteiger partial charge in [0.2, 0.25) is 0 Å². The zero-order valence-corrected chi connectivity index (χ0v) is 21.8. The lowest BCUT2D eigenvalue weighted by Gasteiger charge is -2.32. The Hall–Kier alpha value is -1.96. The first-order valence-corrected chi connectivity index (χ1v) is 13.6. The maximum Gasteiger partial charge on any atom is 0.494 e. The summed E-state index contributed by atoms with van der Waals surface area (Å²) in [7, 11) is -0.388. The lowest BCUT2D eigenvalue weighted by Crippen LogP contribution is -2.41. The quantitative estimate of drug-likeness (QED) is 0.482. The van der Waals surface area contributed by atoms with Gasteiger partial charge in [0, 0.05) is 29.1 Å². The van der Waals surface area contributed by atoms with Crippen molar-refractivity contribution in [2.45, 2.75) is 81.4 Å². The molecule has 5 rings (SSSR count). The van der Waals surface area contributed by atoms with Gasteiger partial charge in [-0.2, -0.15) is 0 Å². The lowest BCUT2D eigenvalue weighted by molar-refractivity contribution is 0.00578. The summed E-state index contributed by atoms with van der Waals surface area (Å²) in [6, 6.07) is 14.7. The largest absolute Gasteiger partial charge is 0.494 e. The minimum atomic E-state index is -0.388. The summed E-state index contributed by atoms with van der Waals surface area (Å²) in [5.74, 6) is 0. The van der Waals surface area contributed by atoms with E-state index in [1.54, 1.807) is 11.8 Å². The average Bonchev–Trinajstić information content (AvgIpc) is 3.48. The second kappa shape index (κ2) is 8.61. The topological polar surface area (TPSA) is 50.8 Å². The SMILES string of the molecule is CSc1ccc(CNC(=O)N2CC3(CCCC3)c3cc(B4OC(C)(C)C(C)(C)O4)ccc32)cc1. The number of rotatable bonds is 4. The van der Waals surface area contributed by atoms with Crippen molar-refractivity contribution in [1.82, 2.24) is 5.32 Å². The van der Waals surface area contributed by atoms with Crippen molar-refractivity contribution < 1.29 is 14.1 Å². The number of fused-ring (bicyclic) bond motifs is 2. The first kappa shape index (κ1) is 23.8. The molecule has 1 spiro atoms. The lowest BCUT2D eigenvalue weighted by atomic mass is 9.74. The molecule has 2 amide bonds. The van der Waals surface area contributed by atoms with E-state index in [1.165, 1.54) is 23.3 Å². The second-order valence-electron chi connectivity index (χ2n) is 10.9. The summed E-state index contributed by atoms with van der Waals surface area (Å²) >= 11 is 1.72. The summed E-state index contributed by atoms with van der Waals surface area (Å²) < 4.78 is 12.6. The van der Waals surface area contributed by atoms with E-state index in [9.17, 15) is 4.79 Å². The Morgan fingerprint density at radius 3 is 2.29 bits per heavy atom. The Bertz CT molecular complexity index is 1060. The number of nitrogens with zero attached hydrogens (tertiary/aromatic N) is 1. The van der Waals surface area contributed by atoms with E-state index in [4.69, 9.17) is 9.31 Å². The third-order valence-electron chi connectivity index (χ3n) is 8.28. The van der Waals surface area contributed by atoms with Gasteiger partial charge in [-0.15, -0.1) is 11.8 Å². The zero-order valence-electron chi connectivity index (χ0n) is 20.9. The van der Waals surface area contributed by atoms with E-state index in [2.05, 4.69) is 81.7 Å². The maximum absolute atomic E-state index is 13.3. The number of anilines is 1. The van der Waals surface area contributed by atoms with Crippen LogP contribution in [0.15, 0.2) is 47.4 Å². The molecule has 180 valence electrons. The fraction of sp³-hybridized carbons (Fsp3) is 0.519. The van der Waals surface area contributed by atoms with Crippen LogP contribution < -0.4 is 15.7 Å². The van der Waals surface area contributed by atoms with Crippen LogP contribution in [0.4, 0.5) is 10.5 Å². The molecule has 2 aromatic carbocycles. The minimum absolute atomic E-state index is 0.0256. The molecule has 1 saturated carbocycles. The highest BCUT2D eigenvalue weighted by atomic mass is 32.2. The molecule has 34 heavy (non-hydrogen) atoms. The predicted octanol–water partition coefficient (Wildman–Crippen LogP) is 5.25. The highest BCUT2D eigenvalue weighted by molar-refractivity contribution is 7.98. The molecule has 5 nitrogen and oxygen atoms in total. The van der Waals surface area contributed by atoms with Gasteiger partial charge in [0.05, 0.1) is 11.2 Å². The normalized spacial score (nSPS) is 21.8. The minimum Gasteiger partial charge on any atom is -0.399 e. The number of thioether (sulfide) groups is 1. The van der Waals surface area contributed by atoms with Crippen LogP contribution in [0.1, 0.15) is 64.5 Å². The molecule has 1 aliphatic carbocycles. The van der Waals surface area contributed by atoms with Crippen LogP contribution in [0.3, 0.4) is 0 Å². The van der Waals surface area contributed by atoms with Gasteiger partial charge in [-0.25, -0.2) is 4.79 Å². The van der Waals surface area contributed by atoms with E-state index in [1.807, 2.05) is 4.90 Å². The summed E-state index contributed by atoms with van der Waals surface area (Å²) in [4.78, 5) is 16.5. The number of carbonyl (C=O) groups excluding carboxylic acids is 1. The van der Waals surface area contributed by atoms with Crippen LogP contribution in [-0.4, -0.2) is 37.2 Å². The second-order valence-corrected chi connectivity index (χ2v) is 11.8. The third-order valence-corrected chi connectivity index (χ3v) is 9.02. The van der Waals surface area contributed by atoms with E-state index >= 15 is 0 Å². The standard InChI is InChI=1S/C27H35BN2O3S/c1-25(2)26(3,4)33-28(32-25)20-10-13-23-22(16-20)27(14-6-7-15-27)18-30(23)24(31)29-17-19-8-11-21(34-5)12-9-19/h8-13,16H,6-7,14-15,17-18H2,1-5H3,(H,29,31). The van der Waals surface area contributed by atoms with Crippen LogP contribution >= 0.6 is 11.8 Å². The van der Waals surface area contributed by atoms with E-state index in [-0.39, 0.29) is 29.8 Å². The number of hydrogen-bond acceptors (Lipinski definition) is 4. The van der Waals surface area contributed by atoms with Crippen LogP contribution in [0.2, 0.25) is 0 Å². The molecule has 2 aromatic rings. The van der Waals surface area contributed by atoms with Crippen molar-refractivity contribution in [1.29, 1.82) is 0 Å². The molecule has 1 saturated heterocycles. The van der Waals surface area contributed by atoms with Crippen molar-refractivity contribution in [3.05, 3.63) is 53.6 Å². The van der Waals surface area contributed by atoms with Crippen molar-refractivity contribution >= 4 is 36.1 Å². The van der Waals surface area contributed by atoms with Gasteiger partial charge in [0.1, 0.15) is 0 Å². The fourth-order valence-electron chi connectivity index (χ4n) is 5.49. The smallest absolute Gasteiger partial charge is 0.399 e. The van der Waals surface area contributed by atoms with Crippen molar-refractivity contribution in [2.75, 3.05) is 17.7 Å². The Morgan fingerprint density at radius 2 is 1.68 bits per heavy atom. The van der Waals surface area contributed by atoms with Gasteiger partial charge in [-0.1, -0.05) is 37.1 Å². The number of carbonyl (C=O) groups is 1. The number of hydrogen-bond donors (Lipinski definition) is 1. The molecular formula is C27H35BN2O3S. The molecule has 1 N–H and O–H groups in total. The van der Waals surface area contributed by atoms with E-state index in [0.29, 0.717) is 6.54 Å². The van der Waals surface area contributed by atoms with Crippen LogP contribution in [-0.2, 0) is 21.3 Å². The number of benzene rings is 2. The van der Waals surface area contributed by atoms with Crippen LogP contribution in [0.5, 0.6) is 0 Å². The molecule has 2 aliphatic heterocycles. The number of nitrogens with one attached hydrogen (secondary N) is 1. The Morgan fingerprint density at radius 1 is 1.03 bits per heavy atom. The number of amides is 2. The number of urea groups is 1. The first-order chi connectivity index (χ1) is 16.1. The predicted molar refractivity (Wildman–Crippen MR) is 140 cm³/mol. The summed E-state index contributed by atoms with van der Waals surface area (Å²) in [6.07, 6.45) is 6.72. The highest BCUT2D eigenvalue weighted by Crippen LogP contribution is 2.50.